The second-order valence-electron chi connectivity index (χ2n) is 5.37. The number of benzene rings is 1. The molecule has 1 aliphatic heterocycles. The van der Waals surface area contributed by atoms with Gasteiger partial charge in [0.2, 0.25) is 5.91 Å². The van der Waals surface area contributed by atoms with Crippen molar-refractivity contribution in [3.63, 3.8) is 0 Å². The topological polar surface area (TPSA) is 98.1 Å². The van der Waals surface area contributed by atoms with Crippen molar-refractivity contribution in [2.45, 2.75) is 25.9 Å². The number of hydrogen-bond donors (Lipinski definition) is 2. The molecule has 0 saturated carbocycles. The fourth-order valence-electron chi connectivity index (χ4n) is 2.32. The van der Waals surface area contributed by atoms with Gasteiger partial charge in [-0.1, -0.05) is 6.07 Å². The highest BCUT2D eigenvalue weighted by Gasteiger charge is 2.20. The molecule has 120 valence electrons. The predicted octanol–water partition coefficient (Wildman–Crippen LogP) is 1.05. The van der Waals surface area contributed by atoms with Gasteiger partial charge in [0, 0.05) is 0 Å². The van der Waals surface area contributed by atoms with Gasteiger partial charge in [-0.2, -0.15) is 5.10 Å². The molecular weight excluding hydrogens is 298 g/mol. The van der Waals surface area contributed by atoms with Crippen LogP contribution in [-0.2, 0) is 9.59 Å². The average molecular weight is 315 g/mol. The van der Waals surface area contributed by atoms with Crippen LogP contribution in [-0.4, -0.2) is 33.2 Å². The molecule has 2 heterocycles. The summed E-state index contributed by atoms with van der Waals surface area (Å²) in [5.74, 6) is 0.273. The fraction of sp³-hybridized carbons (Fsp3) is 0.333. The Morgan fingerprint density at radius 1 is 1.43 bits per heavy atom. The van der Waals surface area contributed by atoms with Crippen LogP contribution in [0.4, 0.5) is 5.69 Å². The first kappa shape index (κ1) is 15.0. The monoisotopic (exact) mass is 315 g/mol. The summed E-state index contributed by atoms with van der Waals surface area (Å²) in [7, 11) is 0. The standard InChI is InChI=1S/C15H17N5O3/c1-9(18-15(22)10(2)20-8-16-7-17-20)11-3-4-13-12(5-11)19-14(21)6-23-13/h3-5,7-10H,6H2,1-2H3,(H,18,22)(H,19,21). The zero-order valence-electron chi connectivity index (χ0n) is 12.8. The lowest BCUT2D eigenvalue weighted by molar-refractivity contribution is -0.124. The minimum Gasteiger partial charge on any atom is -0.482 e. The lowest BCUT2D eigenvalue weighted by Crippen LogP contribution is -2.33. The molecular formula is C15H17N5O3. The van der Waals surface area contributed by atoms with E-state index in [1.165, 1.54) is 17.3 Å². The van der Waals surface area contributed by atoms with E-state index < -0.39 is 6.04 Å². The molecule has 8 heteroatoms. The van der Waals surface area contributed by atoms with Crippen molar-refractivity contribution in [1.82, 2.24) is 20.1 Å². The van der Waals surface area contributed by atoms with Crippen LogP contribution in [0, 0.1) is 0 Å². The second kappa shape index (κ2) is 6.07. The summed E-state index contributed by atoms with van der Waals surface area (Å²) in [5, 5.41) is 9.64. The molecule has 2 unspecified atom stereocenters. The summed E-state index contributed by atoms with van der Waals surface area (Å²) >= 11 is 0. The zero-order chi connectivity index (χ0) is 16.4. The van der Waals surface area contributed by atoms with Crippen molar-refractivity contribution < 1.29 is 14.3 Å². The SMILES string of the molecule is CC(NC(=O)C(C)n1cncn1)c1ccc2c(c1)NC(=O)CO2. The van der Waals surface area contributed by atoms with E-state index in [1.54, 1.807) is 19.1 Å². The van der Waals surface area contributed by atoms with Crippen molar-refractivity contribution >= 4 is 17.5 Å². The third-order valence-electron chi connectivity index (χ3n) is 3.71. The molecule has 8 nitrogen and oxygen atoms in total. The average Bonchev–Trinajstić information content (AvgIpc) is 3.07. The Hall–Kier alpha value is -2.90. The lowest BCUT2D eigenvalue weighted by Gasteiger charge is -2.22. The first-order chi connectivity index (χ1) is 11.0. The Kier molecular flexibility index (Phi) is 3.96. The summed E-state index contributed by atoms with van der Waals surface area (Å²) in [6.45, 7) is 3.64. The molecule has 1 aromatic carbocycles. The van der Waals surface area contributed by atoms with Crippen molar-refractivity contribution in [2.75, 3.05) is 11.9 Å². The van der Waals surface area contributed by atoms with Gasteiger partial charge in [0.05, 0.1) is 11.7 Å². The van der Waals surface area contributed by atoms with Gasteiger partial charge in [0.1, 0.15) is 24.4 Å². The highest BCUT2D eigenvalue weighted by atomic mass is 16.5. The molecule has 3 rings (SSSR count). The maximum atomic E-state index is 12.3. The quantitative estimate of drug-likeness (QED) is 0.878. The molecule has 0 aliphatic carbocycles. The molecule has 0 spiro atoms. The number of amides is 2. The number of carbonyl (C=O) groups is 2. The van der Waals surface area contributed by atoms with Crippen molar-refractivity contribution in [3.05, 3.63) is 36.4 Å². The van der Waals surface area contributed by atoms with Gasteiger partial charge in [-0.25, -0.2) is 9.67 Å². The number of nitrogens with one attached hydrogen (secondary N) is 2. The summed E-state index contributed by atoms with van der Waals surface area (Å²) in [6, 6.07) is 4.77. The van der Waals surface area contributed by atoms with E-state index in [0.717, 1.165) is 5.56 Å². The van der Waals surface area contributed by atoms with Crippen LogP contribution in [0.25, 0.3) is 0 Å². The van der Waals surface area contributed by atoms with Gasteiger partial charge in [-0.3, -0.25) is 9.59 Å². The maximum absolute atomic E-state index is 12.3. The van der Waals surface area contributed by atoms with Gasteiger partial charge in [0.25, 0.3) is 5.91 Å². The number of nitrogens with zero attached hydrogens (tertiary/aromatic N) is 3. The molecule has 0 bridgehead atoms. The number of fused-ring (bicyclic) bond motifs is 1. The third kappa shape index (κ3) is 3.15. The molecule has 2 amide bonds. The first-order valence-corrected chi connectivity index (χ1v) is 7.25. The van der Waals surface area contributed by atoms with E-state index in [0.29, 0.717) is 11.4 Å². The van der Waals surface area contributed by atoms with Gasteiger partial charge >= 0.3 is 0 Å². The summed E-state index contributed by atoms with van der Waals surface area (Å²) < 4.78 is 6.81. The Labute approximate surface area is 132 Å². The number of rotatable bonds is 4. The molecule has 1 aromatic heterocycles. The Morgan fingerprint density at radius 3 is 3.00 bits per heavy atom. The molecule has 1 aliphatic rings. The van der Waals surface area contributed by atoms with Crippen LogP contribution in [0.15, 0.2) is 30.9 Å². The number of aromatic nitrogens is 3. The fourth-order valence-corrected chi connectivity index (χ4v) is 2.32. The van der Waals surface area contributed by atoms with Gasteiger partial charge in [-0.15, -0.1) is 0 Å². The molecule has 23 heavy (non-hydrogen) atoms. The van der Waals surface area contributed by atoms with Crippen LogP contribution >= 0.6 is 0 Å². The first-order valence-electron chi connectivity index (χ1n) is 7.25. The van der Waals surface area contributed by atoms with E-state index in [-0.39, 0.29) is 24.5 Å². The molecule has 0 saturated heterocycles. The Morgan fingerprint density at radius 2 is 2.26 bits per heavy atom. The van der Waals surface area contributed by atoms with E-state index in [9.17, 15) is 9.59 Å². The number of carbonyl (C=O) groups excluding carboxylic acids is 2. The predicted molar refractivity (Wildman–Crippen MR) is 81.9 cm³/mol. The van der Waals surface area contributed by atoms with Gasteiger partial charge in [0.15, 0.2) is 6.61 Å². The molecule has 2 N–H and O–H groups in total. The molecule has 2 atom stereocenters. The van der Waals surface area contributed by atoms with E-state index in [1.807, 2.05) is 13.0 Å². The zero-order valence-corrected chi connectivity index (χ0v) is 12.8. The largest absolute Gasteiger partial charge is 0.482 e. The van der Waals surface area contributed by atoms with Crippen LogP contribution in [0.3, 0.4) is 0 Å². The Balaban J connectivity index is 1.71. The smallest absolute Gasteiger partial charge is 0.262 e. The minimum atomic E-state index is -0.458. The number of anilines is 1. The van der Waals surface area contributed by atoms with Crippen LogP contribution in [0.1, 0.15) is 31.5 Å². The van der Waals surface area contributed by atoms with E-state index in [4.69, 9.17) is 4.74 Å². The van der Waals surface area contributed by atoms with E-state index >= 15 is 0 Å². The van der Waals surface area contributed by atoms with Crippen molar-refractivity contribution in [2.24, 2.45) is 0 Å². The number of ether oxygens (including phenoxy) is 1. The van der Waals surface area contributed by atoms with Crippen LogP contribution in [0.5, 0.6) is 5.75 Å². The summed E-state index contributed by atoms with van der Waals surface area (Å²) in [5.41, 5.74) is 1.48. The van der Waals surface area contributed by atoms with Crippen LogP contribution in [0.2, 0.25) is 0 Å². The van der Waals surface area contributed by atoms with Gasteiger partial charge in [-0.05, 0) is 31.5 Å². The summed E-state index contributed by atoms with van der Waals surface area (Å²) in [4.78, 5) is 27.5. The van der Waals surface area contributed by atoms with Crippen molar-refractivity contribution in [1.29, 1.82) is 0 Å². The molecule has 0 radical (unpaired) electrons. The second-order valence-corrected chi connectivity index (χ2v) is 5.37. The van der Waals surface area contributed by atoms with Crippen molar-refractivity contribution in [3.8, 4) is 5.75 Å². The molecule has 2 aromatic rings. The highest BCUT2D eigenvalue weighted by Crippen LogP contribution is 2.30. The third-order valence-corrected chi connectivity index (χ3v) is 3.71. The minimum absolute atomic E-state index is 0.0219. The van der Waals surface area contributed by atoms with Crippen LogP contribution < -0.4 is 15.4 Å². The summed E-state index contributed by atoms with van der Waals surface area (Å²) in [6.07, 6.45) is 2.89. The highest BCUT2D eigenvalue weighted by molar-refractivity contribution is 5.95. The van der Waals surface area contributed by atoms with Gasteiger partial charge < -0.3 is 15.4 Å². The lowest BCUT2D eigenvalue weighted by atomic mass is 10.1. The molecule has 0 fully saturated rings. The normalized spacial score (nSPS) is 15.8. The number of hydrogen-bond acceptors (Lipinski definition) is 5. The van der Waals surface area contributed by atoms with E-state index in [2.05, 4.69) is 20.7 Å². The Bertz CT molecular complexity index is 729. The maximum Gasteiger partial charge on any atom is 0.262 e.